The molecular formula is C40H38F8O. The highest BCUT2D eigenvalue weighted by molar-refractivity contribution is 5.72. The minimum absolute atomic E-state index is 0.0122. The van der Waals surface area contributed by atoms with Crippen molar-refractivity contribution in [3.05, 3.63) is 125 Å². The summed E-state index contributed by atoms with van der Waals surface area (Å²) in [7, 11) is 0. The van der Waals surface area contributed by atoms with Crippen molar-refractivity contribution in [2.24, 2.45) is 11.8 Å². The first-order valence-electron chi connectivity index (χ1n) is 16.7. The zero-order valence-corrected chi connectivity index (χ0v) is 27.2. The van der Waals surface area contributed by atoms with Crippen LogP contribution in [0.3, 0.4) is 0 Å². The van der Waals surface area contributed by atoms with Crippen molar-refractivity contribution >= 4 is 0 Å². The van der Waals surface area contributed by atoms with Crippen molar-refractivity contribution < 1.29 is 39.9 Å². The van der Waals surface area contributed by atoms with E-state index in [1.54, 1.807) is 0 Å². The van der Waals surface area contributed by atoms with Crippen LogP contribution >= 0.6 is 0 Å². The number of aryl methyl sites for hydroxylation is 1. The number of ether oxygens (including phenoxy) is 1. The molecule has 1 fully saturated rings. The number of halogens is 8. The number of alkyl halides is 2. The first-order chi connectivity index (χ1) is 23.4. The lowest BCUT2D eigenvalue weighted by atomic mass is 9.79. The Morgan fingerprint density at radius 2 is 1.35 bits per heavy atom. The highest BCUT2D eigenvalue weighted by Crippen LogP contribution is 2.37. The average molecular weight is 687 g/mol. The maximum atomic E-state index is 15.0. The molecular weight excluding hydrogens is 648 g/mol. The Morgan fingerprint density at radius 1 is 0.694 bits per heavy atom. The summed E-state index contributed by atoms with van der Waals surface area (Å²) in [6, 6.07) is 10.7. The van der Waals surface area contributed by atoms with Gasteiger partial charge in [0.2, 0.25) is 0 Å². The number of rotatable bonds is 13. The van der Waals surface area contributed by atoms with Gasteiger partial charge in [0.15, 0.2) is 17.5 Å². The van der Waals surface area contributed by atoms with Gasteiger partial charge in [-0.1, -0.05) is 63.0 Å². The number of unbranched alkanes of at least 4 members (excludes halogenated alkanes) is 2. The van der Waals surface area contributed by atoms with Gasteiger partial charge in [0.05, 0.1) is 5.56 Å². The fourth-order valence-corrected chi connectivity index (χ4v) is 6.47. The van der Waals surface area contributed by atoms with Crippen LogP contribution in [0.2, 0.25) is 0 Å². The summed E-state index contributed by atoms with van der Waals surface area (Å²) in [6.07, 6.45) is 11.3. The van der Waals surface area contributed by atoms with E-state index in [1.165, 1.54) is 63.5 Å². The van der Waals surface area contributed by atoms with Gasteiger partial charge in [0, 0.05) is 17.2 Å². The van der Waals surface area contributed by atoms with E-state index in [-0.39, 0.29) is 22.3 Å². The monoisotopic (exact) mass is 686 g/mol. The Hall–Kier alpha value is -4.14. The summed E-state index contributed by atoms with van der Waals surface area (Å²) >= 11 is 0. The molecule has 0 radical (unpaired) electrons. The van der Waals surface area contributed by atoms with Crippen LogP contribution in [0.1, 0.15) is 75.8 Å². The Kier molecular flexibility index (Phi) is 11.8. The number of hydrogen-bond donors (Lipinski definition) is 0. The van der Waals surface area contributed by atoms with Crippen LogP contribution < -0.4 is 4.74 Å². The molecule has 5 rings (SSSR count). The minimum Gasteiger partial charge on any atom is -0.429 e. The third-order valence-electron chi connectivity index (χ3n) is 9.22. The van der Waals surface area contributed by atoms with Gasteiger partial charge in [-0.3, -0.25) is 0 Å². The topological polar surface area (TPSA) is 9.23 Å². The van der Waals surface area contributed by atoms with Gasteiger partial charge in [-0.05, 0) is 110 Å². The van der Waals surface area contributed by atoms with E-state index in [2.05, 4.69) is 19.1 Å². The third-order valence-corrected chi connectivity index (χ3v) is 9.22. The Morgan fingerprint density at radius 3 is 2.00 bits per heavy atom. The van der Waals surface area contributed by atoms with E-state index in [9.17, 15) is 22.0 Å². The van der Waals surface area contributed by atoms with Gasteiger partial charge in [0.25, 0.3) is 0 Å². The zero-order chi connectivity index (χ0) is 35.1. The molecule has 1 aliphatic carbocycles. The van der Waals surface area contributed by atoms with Gasteiger partial charge in [-0.25, -0.2) is 26.3 Å². The SMILES string of the molecule is CCCCCC1CCC(C=CCCc2ccc(C(F)(F)Oc3ccc(-c4ccc(-c5cc(F)c(F)c(F)c5)c(F)c4)c(F)c3)c(F)c2)CC1. The lowest BCUT2D eigenvalue weighted by molar-refractivity contribution is -0.187. The second kappa shape index (κ2) is 16.0. The largest absolute Gasteiger partial charge is 0.429 e. The lowest BCUT2D eigenvalue weighted by Crippen LogP contribution is -2.23. The van der Waals surface area contributed by atoms with E-state index in [4.69, 9.17) is 4.74 Å². The summed E-state index contributed by atoms with van der Waals surface area (Å²) in [5.41, 5.74) is -1.18. The minimum atomic E-state index is -4.13. The molecule has 0 bridgehead atoms. The average Bonchev–Trinajstić information content (AvgIpc) is 3.06. The summed E-state index contributed by atoms with van der Waals surface area (Å²) in [4.78, 5) is 0. The number of allylic oxidation sites excluding steroid dienone is 2. The van der Waals surface area contributed by atoms with Gasteiger partial charge in [-0.2, -0.15) is 8.78 Å². The summed E-state index contributed by atoms with van der Waals surface area (Å²) in [5, 5.41) is 0. The maximum Gasteiger partial charge on any atom is 0.429 e. The van der Waals surface area contributed by atoms with Gasteiger partial charge >= 0.3 is 6.11 Å². The van der Waals surface area contributed by atoms with Crippen LogP contribution in [0.25, 0.3) is 22.3 Å². The molecule has 1 nitrogen and oxygen atoms in total. The smallest absolute Gasteiger partial charge is 0.429 e. The quantitative estimate of drug-likeness (QED) is 0.0589. The molecule has 4 aromatic rings. The number of hydrogen-bond acceptors (Lipinski definition) is 1. The van der Waals surface area contributed by atoms with E-state index in [0.717, 1.165) is 42.3 Å². The van der Waals surface area contributed by atoms with Crippen molar-refractivity contribution in [2.45, 2.75) is 77.2 Å². The zero-order valence-electron chi connectivity index (χ0n) is 27.2. The van der Waals surface area contributed by atoms with Crippen LogP contribution in [0.15, 0.2) is 78.9 Å². The van der Waals surface area contributed by atoms with Gasteiger partial charge < -0.3 is 4.74 Å². The lowest BCUT2D eigenvalue weighted by Gasteiger charge is -2.26. The molecule has 0 aliphatic heterocycles. The summed E-state index contributed by atoms with van der Waals surface area (Å²) in [6.45, 7) is 2.22. The molecule has 0 N–H and O–H groups in total. The highest BCUT2D eigenvalue weighted by atomic mass is 19.3. The van der Waals surface area contributed by atoms with Crippen molar-refractivity contribution in [1.29, 1.82) is 0 Å². The first-order valence-corrected chi connectivity index (χ1v) is 16.7. The van der Waals surface area contributed by atoms with Crippen molar-refractivity contribution in [3.8, 4) is 28.0 Å². The predicted molar refractivity (Wildman–Crippen MR) is 175 cm³/mol. The van der Waals surface area contributed by atoms with Crippen LogP contribution in [0, 0.1) is 46.7 Å². The Balaban J connectivity index is 1.18. The van der Waals surface area contributed by atoms with Crippen LogP contribution in [0.4, 0.5) is 35.1 Å². The van der Waals surface area contributed by atoms with Crippen molar-refractivity contribution in [3.63, 3.8) is 0 Å². The second-order valence-electron chi connectivity index (χ2n) is 12.8. The molecule has 49 heavy (non-hydrogen) atoms. The highest BCUT2D eigenvalue weighted by Gasteiger charge is 2.38. The van der Waals surface area contributed by atoms with Crippen LogP contribution in [-0.2, 0) is 12.5 Å². The molecule has 0 amide bonds. The molecule has 1 aliphatic rings. The molecule has 0 atom stereocenters. The fourth-order valence-electron chi connectivity index (χ4n) is 6.47. The Bertz CT molecular complexity index is 1750. The summed E-state index contributed by atoms with van der Waals surface area (Å²) < 4.78 is 120. The molecule has 260 valence electrons. The summed E-state index contributed by atoms with van der Waals surface area (Å²) in [5.74, 6) is -7.10. The molecule has 1 saturated carbocycles. The molecule has 0 heterocycles. The van der Waals surface area contributed by atoms with Gasteiger partial charge in [-0.15, -0.1) is 0 Å². The van der Waals surface area contributed by atoms with E-state index < -0.39 is 52.3 Å². The molecule has 9 heteroatoms. The van der Waals surface area contributed by atoms with Crippen molar-refractivity contribution in [2.75, 3.05) is 0 Å². The molecule has 0 aromatic heterocycles. The molecule has 0 saturated heterocycles. The molecule has 0 spiro atoms. The van der Waals surface area contributed by atoms with E-state index in [1.807, 2.05) is 0 Å². The van der Waals surface area contributed by atoms with Crippen molar-refractivity contribution in [1.82, 2.24) is 0 Å². The third kappa shape index (κ3) is 9.11. The maximum absolute atomic E-state index is 15.0. The van der Waals surface area contributed by atoms with Gasteiger partial charge in [0.1, 0.15) is 23.2 Å². The molecule has 4 aromatic carbocycles. The van der Waals surface area contributed by atoms with E-state index in [0.29, 0.717) is 42.5 Å². The predicted octanol–water partition coefficient (Wildman–Crippen LogP) is 12.9. The Labute approximate surface area is 281 Å². The normalized spacial score (nSPS) is 16.8. The molecule has 0 unspecified atom stereocenters. The van der Waals surface area contributed by atoms with Crippen LogP contribution in [-0.4, -0.2) is 0 Å². The van der Waals surface area contributed by atoms with E-state index >= 15 is 13.2 Å². The fraction of sp³-hybridized carbons (Fsp3) is 0.350. The van der Waals surface area contributed by atoms with Crippen LogP contribution in [0.5, 0.6) is 5.75 Å². The second-order valence-corrected chi connectivity index (χ2v) is 12.8. The standard InChI is InChI=1S/C40H38F8O/c1-2-3-4-7-25-10-12-26(13-11-25)8-5-6-9-27-14-19-33(36(43)20-27)40(47,48)49-30-16-18-31(35(42)24-30)28-15-17-32(34(41)21-28)29-22-37(44)39(46)38(45)23-29/h5,8,14-26H,2-4,6-7,9-13H2,1H3. The number of benzene rings is 4. The first kappa shape index (κ1) is 36.1.